The normalized spacial score (nSPS) is 11.3. The third kappa shape index (κ3) is 4.18. The lowest BCUT2D eigenvalue weighted by molar-refractivity contribution is 0.857. The quantitative estimate of drug-likeness (QED) is 0.485. The maximum absolute atomic E-state index is 4.52. The van der Waals surface area contributed by atoms with Gasteiger partial charge in [0.25, 0.3) is 0 Å². The van der Waals surface area contributed by atoms with Crippen molar-refractivity contribution in [2.75, 3.05) is 13.1 Å². The van der Waals surface area contributed by atoms with E-state index in [2.05, 4.69) is 32.2 Å². The molecule has 0 aromatic carbocycles. The highest BCUT2D eigenvalue weighted by Gasteiger charge is 2.02. The van der Waals surface area contributed by atoms with Gasteiger partial charge in [-0.15, -0.1) is 6.58 Å². The molecule has 0 aliphatic heterocycles. The third-order valence-electron chi connectivity index (χ3n) is 3.06. The SMILES string of the molecule is C=CCNC(=NCc1ccc(-n2ccnc2C)nc1)NCC. The number of hydrogen-bond donors (Lipinski definition) is 2. The van der Waals surface area contributed by atoms with E-state index >= 15 is 0 Å². The molecule has 0 unspecified atom stereocenters. The molecule has 2 heterocycles. The summed E-state index contributed by atoms with van der Waals surface area (Å²) in [4.78, 5) is 13.2. The topological polar surface area (TPSA) is 67.1 Å². The molecule has 2 aromatic rings. The van der Waals surface area contributed by atoms with Crippen LogP contribution in [0.2, 0.25) is 0 Å². The lowest BCUT2D eigenvalue weighted by atomic mass is 10.3. The molecule has 0 saturated carbocycles. The van der Waals surface area contributed by atoms with Crippen molar-refractivity contribution in [1.29, 1.82) is 0 Å². The Morgan fingerprint density at radius 2 is 2.23 bits per heavy atom. The standard InChI is InChI=1S/C16H22N6/c1-4-8-19-16(17-5-2)21-12-14-6-7-15(20-11-14)22-10-9-18-13(22)3/h4,6-7,9-11H,1,5,8,12H2,2-3H3,(H2,17,19,21). The maximum atomic E-state index is 4.52. The minimum atomic E-state index is 0.572. The van der Waals surface area contributed by atoms with Crippen LogP contribution in [-0.4, -0.2) is 33.6 Å². The van der Waals surface area contributed by atoms with Crippen molar-refractivity contribution < 1.29 is 0 Å². The Hall–Kier alpha value is -2.63. The Kier molecular flexibility index (Phi) is 5.71. The molecule has 2 rings (SSSR count). The summed E-state index contributed by atoms with van der Waals surface area (Å²) in [5.74, 6) is 2.55. The summed E-state index contributed by atoms with van der Waals surface area (Å²) in [5, 5.41) is 6.36. The average molecular weight is 298 g/mol. The predicted octanol–water partition coefficient (Wildman–Crippen LogP) is 1.82. The van der Waals surface area contributed by atoms with Crippen molar-refractivity contribution in [1.82, 2.24) is 25.2 Å². The molecule has 0 radical (unpaired) electrons. The molecule has 0 spiro atoms. The Morgan fingerprint density at radius 1 is 1.36 bits per heavy atom. The molecule has 0 aliphatic rings. The van der Waals surface area contributed by atoms with Gasteiger partial charge in [0.2, 0.25) is 0 Å². The Bertz CT molecular complexity index is 626. The summed E-state index contributed by atoms with van der Waals surface area (Å²) in [6.07, 6.45) is 7.31. The highest BCUT2D eigenvalue weighted by Crippen LogP contribution is 2.08. The first kappa shape index (κ1) is 15.8. The van der Waals surface area contributed by atoms with E-state index in [0.717, 1.165) is 29.7 Å². The molecule has 6 heteroatoms. The van der Waals surface area contributed by atoms with Crippen molar-refractivity contribution in [3.63, 3.8) is 0 Å². The van der Waals surface area contributed by atoms with Crippen molar-refractivity contribution in [3.05, 3.63) is 54.8 Å². The van der Waals surface area contributed by atoms with Crippen LogP contribution >= 0.6 is 0 Å². The molecule has 2 N–H and O–H groups in total. The summed E-state index contributed by atoms with van der Waals surface area (Å²) in [6, 6.07) is 4.01. The molecule has 0 amide bonds. The highest BCUT2D eigenvalue weighted by molar-refractivity contribution is 5.79. The minimum absolute atomic E-state index is 0.572. The molecule has 0 saturated heterocycles. The summed E-state index contributed by atoms with van der Waals surface area (Å²) < 4.78 is 1.95. The van der Waals surface area contributed by atoms with Crippen LogP contribution in [0.4, 0.5) is 0 Å². The molecular weight excluding hydrogens is 276 g/mol. The van der Waals surface area contributed by atoms with E-state index in [0.29, 0.717) is 13.1 Å². The van der Waals surface area contributed by atoms with Gasteiger partial charge in [-0.05, 0) is 25.5 Å². The molecular formula is C16H22N6. The summed E-state index contributed by atoms with van der Waals surface area (Å²) in [7, 11) is 0. The average Bonchev–Trinajstić information content (AvgIpc) is 2.97. The number of guanidine groups is 1. The van der Waals surface area contributed by atoms with E-state index in [1.165, 1.54) is 0 Å². The van der Waals surface area contributed by atoms with Gasteiger partial charge in [0.1, 0.15) is 11.6 Å². The smallest absolute Gasteiger partial charge is 0.191 e. The monoisotopic (exact) mass is 298 g/mol. The van der Waals surface area contributed by atoms with Crippen LogP contribution < -0.4 is 10.6 Å². The van der Waals surface area contributed by atoms with Crippen molar-refractivity contribution in [2.24, 2.45) is 4.99 Å². The zero-order valence-electron chi connectivity index (χ0n) is 13.1. The number of aliphatic imine (C=N–C) groups is 1. The second-order valence-electron chi connectivity index (χ2n) is 4.73. The number of aromatic nitrogens is 3. The number of aryl methyl sites for hydroxylation is 1. The van der Waals surface area contributed by atoms with E-state index in [-0.39, 0.29) is 0 Å². The number of hydrogen-bond acceptors (Lipinski definition) is 3. The van der Waals surface area contributed by atoms with Gasteiger partial charge in [-0.2, -0.15) is 0 Å². The fraction of sp³-hybridized carbons (Fsp3) is 0.312. The van der Waals surface area contributed by atoms with E-state index in [1.807, 2.05) is 42.9 Å². The van der Waals surface area contributed by atoms with E-state index in [1.54, 1.807) is 12.3 Å². The van der Waals surface area contributed by atoms with Gasteiger partial charge in [0.15, 0.2) is 5.96 Å². The molecule has 0 atom stereocenters. The zero-order valence-corrected chi connectivity index (χ0v) is 13.1. The zero-order chi connectivity index (χ0) is 15.8. The lowest BCUT2D eigenvalue weighted by Gasteiger charge is -2.09. The van der Waals surface area contributed by atoms with Crippen molar-refractivity contribution >= 4 is 5.96 Å². The highest BCUT2D eigenvalue weighted by atomic mass is 15.2. The van der Waals surface area contributed by atoms with Gasteiger partial charge in [-0.25, -0.2) is 15.0 Å². The van der Waals surface area contributed by atoms with Gasteiger partial charge < -0.3 is 10.6 Å². The van der Waals surface area contributed by atoms with Crippen LogP contribution in [-0.2, 0) is 6.54 Å². The van der Waals surface area contributed by atoms with Crippen LogP contribution in [0.1, 0.15) is 18.3 Å². The van der Waals surface area contributed by atoms with Gasteiger partial charge >= 0.3 is 0 Å². The Labute approximate surface area is 131 Å². The summed E-state index contributed by atoms with van der Waals surface area (Å²) >= 11 is 0. The second kappa shape index (κ2) is 7.97. The Morgan fingerprint density at radius 3 is 2.82 bits per heavy atom. The molecule has 0 bridgehead atoms. The van der Waals surface area contributed by atoms with Gasteiger partial charge in [0, 0.05) is 31.7 Å². The summed E-state index contributed by atoms with van der Waals surface area (Å²) in [6.45, 7) is 9.75. The van der Waals surface area contributed by atoms with Crippen LogP contribution in [0.15, 0.2) is 48.4 Å². The molecule has 0 aliphatic carbocycles. The largest absolute Gasteiger partial charge is 0.357 e. The fourth-order valence-electron chi connectivity index (χ4n) is 1.95. The number of pyridine rings is 1. The van der Waals surface area contributed by atoms with Gasteiger partial charge in [-0.3, -0.25) is 4.57 Å². The van der Waals surface area contributed by atoms with Crippen LogP contribution in [0.25, 0.3) is 5.82 Å². The van der Waals surface area contributed by atoms with Crippen LogP contribution in [0.3, 0.4) is 0 Å². The van der Waals surface area contributed by atoms with E-state index in [4.69, 9.17) is 0 Å². The van der Waals surface area contributed by atoms with Crippen LogP contribution in [0, 0.1) is 6.92 Å². The minimum Gasteiger partial charge on any atom is -0.357 e. The molecule has 116 valence electrons. The summed E-state index contributed by atoms with van der Waals surface area (Å²) in [5.41, 5.74) is 1.05. The maximum Gasteiger partial charge on any atom is 0.191 e. The predicted molar refractivity (Wildman–Crippen MR) is 89.1 cm³/mol. The molecule has 6 nitrogen and oxygen atoms in total. The second-order valence-corrected chi connectivity index (χ2v) is 4.73. The van der Waals surface area contributed by atoms with Crippen molar-refractivity contribution in [3.8, 4) is 5.82 Å². The number of rotatable bonds is 6. The van der Waals surface area contributed by atoms with Gasteiger partial charge in [0.05, 0.1) is 6.54 Å². The molecule has 0 fully saturated rings. The fourth-order valence-corrected chi connectivity index (χ4v) is 1.95. The van der Waals surface area contributed by atoms with Crippen LogP contribution in [0.5, 0.6) is 0 Å². The molecule has 22 heavy (non-hydrogen) atoms. The van der Waals surface area contributed by atoms with Gasteiger partial charge in [-0.1, -0.05) is 12.1 Å². The van der Waals surface area contributed by atoms with Crippen molar-refractivity contribution in [2.45, 2.75) is 20.4 Å². The number of nitrogens with one attached hydrogen (secondary N) is 2. The third-order valence-corrected chi connectivity index (χ3v) is 3.06. The number of imidazole rings is 1. The van der Waals surface area contributed by atoms with E-state index < -0.39 is 0 Å². The molecule has 2 aromatic heterocycles. The Balaban J connectivity index is 2.04. The first-order chi connectivity index (χ1) is 10.7. The number of nitrogens with zero attached hydrogens (tertiary/aromatic N) is 4. The lowest BCUT2D eigenvalue weighted by Crippen LogP contribution is -2.37. The first-order valence-corrected chi connectivity index (χ1v) is 7.33. The first-order valence-electron chi connectivity index (χ1n) is 7.33. The van der Waals surface area contributed by atoms with E-state index in [9.17, 15) is 0 Å².